The molecule has 6 aromatic carbocycles. The molecule has 0 unspecified atom stereocenters. The molecule has 52 heavy (non-hydrogen) atoms. The van der Waals surface area contributed by atoms with Gasteiger partial charge in [-0.3, -0.25) is 19.2 Å². The van der Waals surface area contributed by atoms with Gasteiger partial charge < -0.3 is 9.97 Å². The third kappa shape index (κ3) is 5.02. The Bertz CT molecular complexity index is 2830. The molecule has 0 amide bonds. The first-order valence-corrected chi connectivity index (χ1v) is 17.5. The first kappa shape index (κ1) is 31.6. The Labute approximate surface area is 298 Å². The molecular weight excluding hydrogens is 645 g/mol. The number of rotatable bonds is 0. The molecule has 2 N–H and O–H groups in total. The average Bonchev–Trinajstić information content (AvgIpc) is 3.13. The van der Waals surface area contributed by atoms with Crippen LogP contribution in [-0.4, -0.2) is 21.5 Å². The topological polar surface area (TPSA) is 99.9 Å². The summed E-state index contributed by atoms with van der Waals surface area (Å²) in [4.78, 5) is 58.7. The molecule has 6 heteroatoms. The normalized spacial score (nSPS) is 13.1. The molecule has 0 saturated heterocycles. The maximum Gasteiger partial charge on any atom is 0.197 e. The fourth-order valence-electron chi connectivity index (χ4n) is 7.89. The number of aromatic amines is 2. The SMILES string of the molecule is Cc1ccc2c(c1)C(=O)c1cc3[nH]c4ccc(C)cc4c(=O)c3cc1C2.Cc1ccc2c(c1)C(=O)c1cc3[nH]c4ccc(C)cc4c(=O)c3cc1C2. The number of aryl methyl sites for hydroxylation is 4. The van der Waals surface area contributed by atoms with Crippen molar-refractivity contribution in [3.63, 3.8) is 0 Å². The highest BCUT2D eigenvalue weighted by atomic mass is 16.1. The van der Waals surface area contributed by atoms with E-state index in [1.165, 1.54) is 0 Å². The summed E-state index contributed by atoms with van der Waals surface area (Å²) in [7, 11) is 0. The Morgan fingerprint density at radius 1 is 0.365 bits per heavy atom. The second-order valence-electron chi connectivity index (χ2n) is 14.4. The van der Waals surface area contributed by atoms with Gasteiger partial charge in [0.15, 0.2) is 22.4 Å². The first-order chi connectivity index (χ1) is 25.0. The first-order valence-electron chi connectivity index (χ1n) is 17.5. The third-order valence-corrected chi connectivity index (χ3v) is 10.6. The summed E-state index contributed by atoms with van der Waals surface area (Å²) in [6.07, 6.45) is 1.36. The van der Waals surface area contributed by atoms with Crippen molar-refractivity contribution in [2.24, 2.45) is 0 Å². The molecule has 0 spiro atoms. The zero-order chi connectivity index (χ0) is 36.0. The highest BCUT2D eigenvalue weighted by Crippen LogP contribution is 2.32. The third-order valence-electron chi connectivity index (χ3n) is 10.6. The van der Waals surface area contributed by atoms with E-state index in [4.69, 9.17) is 0 Å². The number of fused-ring (bicyclic) bond motifs is 8. The lowest BCUT2D eigenvalue weighted by Gasteiger charge is -2.19. The lowest BCUT2D eigenvalue weighted by molar-refractivity contribution is 0.102. The van der Waals surface area contributed by atoms with Crippen molar-refractivity contribution >= 4 is 55.2 Å². The predicted molar refractivity (Wildman–Crippen MR) is 208 cm³/mol. The van der Waals surface area contributed by atoms with Crippen LogP contribution in [0.25, 0.3) is 43.6 Å². The van der Waals surface area contributed by atoms with Crippen LogP contribution in [0.3, 0.4) is 0 Å². The molecule has 10 rings (SSSR count). The van der Waals surface area contributed by atoms with E-state index in [1.54, 1.807) is 0 Å². The Morgan fingerprint density at radius 3 is 1.13 bits per heavy atom. The summed E-state index contributed by atoms with van der Waals surface area (Å²) in [5.74, 6) is 0.0772. The van der Waals surface area contributed by atoms with E-state index in [9.17, 15) is 19.2 Å². The quantitative estimate of drug-likeness (QED) is 0.157. The minimum absolute atomic E-state index is 0.0161. The van der Waals surface area contributed by atoms with Gasteiger partial charge in [-0.2, -0.15) is 0 Å². The van der Waals surface area contributed by atoms with Crippen molar-refractivity contribution in [1.29, 1.82) is 0 Å². The maximum atomic E-state index is 13.0. The van der Waals surface area contributed by atoms with Crippen molar-refractivity contribution in [2.45, 2.75) is 40.5 Å². The number of H-pyrrole nitrogens is 2. The van der Waals surface area contributed by atoms with Crippen LogP contribution >= 0.6 is 0 Å². The Hall–Kier alpha value is -6.40. The molecule has 0 bridgehead atoms. The molecule has 0 saturated carbocycles. The molecule has 8 aromatic rings. The molecule has 0 aliphatic heterocycles. The minimum Gasteiger partial charge on any atom is -0.354 e. The number of hydrogen-bond acceptors (Lipinski definition) is 4. The molecule has 0 radical (unpaired) electrons. The molecule has 2 heterocycles. The van der Waals surface area contributed by atoms with Gasteiger partial charge in [-0.05, 0) is 123 Å². The number of benzene rings is 6. The summed E-state index contributed by atoms with van der Waals surface area (Å²) in [6, 6.07) is 31.1. The lowest BCUT2D eigenvalue weighted by Crippen LogP contribution is -2.16. The van der Waals surface area contributed by atoms with Gasteiger partial charge in [0.25, 0.3) is 0 Å². The molecule has 2 aliphatic carbocycles. The standard InChI is InChI=1S/2C23H17NO2/c2*1-12-3-5-14-9-15-10-19-21(11-17(15)22(25)16(14)7-12)24-20-6-4-13(2)8-18(20)23(19)26/h2*3-8,10-11H,9H2,1-2H3,(H,24,26). The summed E-state index contributed by atoms with van der Waals surface area (Å²) >= 11 is 0. The lowest BCUT2D eigenvalue weighted by atomic mass is 9.83. The van der Waals surface area contributed by atoms with E-state index in [2.05, 4.69) is 9.97 Å². The molecule has 0 fully saturated rings. The van der Waals surface area contributed by atoms with Gasteiger partial charge in [0.05, 0.1) is 11.0 Å². The number of carbonyl (C=O) groups excluding carboxylic acids is 2. The van der Waals surface area contributed by atoms with Gasteiger partial charge in [-0.1, -0.05) is 58.7 Å². The van der Waals surface area contributed by atoms with Gasteiger partial charge in [0.1, 0.15) is 0 Å². The van der Waals surface area contributed by atoms with E-state index >= 15 is 0 Å². The number of aromatic nitrogens is 2. The Balaban J connectivity index is 0.000000138. The van der Waals surface area contributed by atoms with E-state index in [0.717, 1.165) is 77.7 Å². The van der Waals surface area contributed by atoms with Crippen molar-refractivity contribution < 1.29 is 9.59 Å². The fraction of sp³-hybridized carbons (Fsp3) is 0.130. The van der Waals surface area contributed by atoms with Gasteiger partial charge in [0.2, 0.25) is 0 Å². The van der Waals surface area contributed by atoms with Crippen LogP contribution in [0.15, 0.2) is 107 Å². The van der Waals surface area contributed by atoms with E-state index in [1.807, 2.05) is 125 Å². The monoisotopic (exact) mass is 678 g/mol. The Kier molecular flexibility index (Phi) is 7.03. The minimum atomic E-state index is 0.0161. The van der Waals surface area contributed by atoms with Crippen LogP contribution in [0.4, 0.5) is 0 Å². The van der Waals surface area contributed by atoms with Gasteiger partial charge in [-0.15, -0.1) is 0 Å². The molecule has 0 atom stereocenters. The van der Waals surface area contributed by atoms with Crippen LogP contribution in [0, 0.1) is 27.7 Å². The van der Waals surface area contributed by atoms with Gasteiger partial charge >= 0.3 is 0 Å². The number of hydrogen-bond donors (Lipinski definition) is 2. The molecular formula is C46H34N2O4. The highest BCUT2D eigenvalue weighted by molar-refractivity contribution is 6.15. The van der Waals surface area contributed by atoms with E-state index < -0.39 is 0 Å². The summed E-state index contributed by atoms with van der Waals surface area (Å²) in [6.45, 7) is 7.95. The molecule has 6 nitrogen and oxygen atoms in total. The number of pyridine rings is 2. The van der Waals surface area contributed by atoms with Crippen molar-refractivity contribution in [3.05, 3.63) is 184 Å². The number of ketones is 2. The fourth-order valence-corrected chi connectivity index (χ4v) is 7.89. The largest absolute Gasteiger partial charge is 0.354 e. The van der Waals surface area contributed by atoms with Crippen LogP contribution in [0.1, 0.15) is 76.4 Å². The Morgan fingerprint density at radius 2 is 0.712 bits per heavy atom. The second-order valence-corrected chi connectivity index (χ2v) is 14.4. The van der Waals surface area contributed by atoms with E-state index in [-0.39, 0.29) is 22.4 Å². The molecule has 2 aromatic heterocycles. The van der Waals surface area contributed by atoms with Crippen molar-refractivity contribution in [2.75, 3.05) is 0 Å². The van der Waals surface area contributed by atoms with Crippen molar-refractivity contribution in [1.82, 2.24) is 9.97 Å². The van der Waals surface area contributed by atoms with Gasteiger partial charge in [0, 0.05) is 54.8 Å². The van der Waals surface area contributed by atoms with Gasteiger partial charge in [-0.25, -0.2) is 0 Å². The second kappa shape index (κ2) is 11.6. The van der Waals surface area contributed by atoms with Crippen LogP contribution in [0.5, 0.6) is 0 Å². The summed E-state index contributed by atoms with van der Waals surface area (Å²) < 4.78 is 0. The van der Waals surface area contributed by atoms with Crippen LogP contribution < -0.4 is 10.9 Å². The number of nitrogens with one attached hydrogen (secondary N) is 2. The molecule has 2 aliphatic rings. The zero-order valence-corrected chi connectivity index (χ0v) is 29.3. The van der Waals surface area contributed by atoms with E-state index in [0.29, 0.717) is 45.5 Å². The van der Waals surface area contributed by atoms with Crippen molar-refractivity contribution in [3.8, 4) is 0 Å². The van der Waals surface area contributed by atoms with Crippen LogP contribution in [0.2, 0.25) is 0 Å². The average molecular weight is 679 g/mol. The zero-order valence-electron chi connectivity index (χ0n) is 29.3. The summed E-state index contributed by atoms with van der Waals surface area (Å²) in [5, 5.41) is 2.67. The predicted octanol–water partition coefficient (Wildman–Crippen LogP) is 8.87. The summed E-state index contributed by atoms with van der Waals surface area (Å²) in [5.41, 5.74) is 14.2. The number of carbonyl (C=O) groups is 2. The highest BCUT2D eigenvalue weighted by Gasteiger charge is 2.26. The maximum absolute atomic E-state index is 13.0. The van der Waals surface area contributed by atoms with Crippen LogP contribution in [-0.2, 0) is 12.8 Å². The molecule has 252 valence electrons. The smallest absolute Gasteiger partial charge is 0.197 e.